The minimum atomic E-state index is -0.119. The molecule has 8 nitrogen and oxygen atoms in total. The van der Waals surface area contributed by atoms with Gasteiger partial charge >= 0.3 is 0 Å². The quantitative estimate of drug-likeness (QED) is 0.237. The highest BCUT2D eigenvalue weighted by atomic mass is 127. The predicted octanol–water partition coefficient (Wildman–Crippen LogP) is 1.22. The highest BCUT2D eigenvalue weighted by Gasteiger charge is 2.42. The number of nitrogens with zero attached hydrogens (tertiary/aromatic N) is 2. The Morgan fingerprint density at radius 3 is 2.62 bits per heavy atom. The Bertz CT molecular complexity index is 740. The number of carbonyl (C=O) groups excluding carboxylic acids is 2. The summed E-state index contributed by atoms with van der Waals surface area (Å²) in [5.41, 5.74) is 0.622. The molecule has 2 aliphatic rings. The third-order valence-corrected chi connectivity index (χ3v) is 5.41. The van der Waals surface area contributed by atoms with Crippen molar-refractivity contribution >= 4 is 41.8 Å². The van der Waals surface area contributed by atoms with Gasteiger partial charge in [-0.15, -0.1) is 24.0 Å². The standard InChI is InChI=1S/C20H29N5O3.HI/c1-21-19(25-11-3-8-20(14-25)12-17(26)24-13-20)23-10-9-22-18(27)15-4-6-16(28-2)7-5-15;/h4-7H,3,8-14H2,1-2H3,(H,21,23)(H,22,27)(H,24,26);1H. The van der Waals surface area contributed by atoms with Crippen LogP contribution in [0.2, 0.25) is 0 Å². The van der Waals surface area contributed by atoms with Crippen molar-refractivity contribution in [2.45, 2.75) is 19.3 Å². The lowest BCUT2D eigenvalue weighted by Crippen LogP contribution is -2.52. The normalized spacial score (nSPS) is 21.4. The second-order valence-corrected chi connectivity index (χ2v) is 7.44. The van der Waals surface area contributed by atoms with E-state index in [1.165, 1.54) is 0 Å². The number of carbonyl (C=O) groups is 2. The summed E-state index contributed by atoms with van der Waals surface area (Å²) in [6, 6.07) is 7.02. The molecular formula is C20H30IN5O3. The molecular weight excluding hydrogens is 485 g/mol. The van der Waals surface area contributed by atoms with Gasteiger partial charge in [-0.1, -0.05) is 0 Å². The van der Waals surface area contributed by atoms with Gasteiger partial charge in [0.2, 0.25) is 5.91 Å². The van der Waals surface area contributed by atoms with Crippen molar-refractivity contribution in [1.29, 1.82) is 0 Å². The van der Waals surface area contributed by atoms with Crippen molar-refractivity contribution in [3.05, 3.63) is 29.8 Å². The number of amides is 2. The lowest BCUT2D eigenvalue weighted by Gasteiger charge is -2.40. The van der Waals surface area contributed by atoms with Gasteiger partial charge in [0.1, 0.15) is 5.75 Å². The summed E-state index contributed by atoms with van der Waals surface area (Å²) in [6.07, 6.45) is 2.71. The number of nitrogens with one attached hydrogen (secondary N) is 3. The van der Waals surface area contributed by atoms with Crippen LogP contribution in [0, 0.1) is 5.41 Å². The molecule has 1 atom stereocenters. The van der Waals surface area contributed by atoms with E-state index in [9.17, 15) is 9.59 Å². The molecule has 29 heavy (non-hydrogen) atoms. The maximum absolute atomic E-state index is 12.2. The highest BCUT2D eigenvalue weighted by molar-refractivity contribution is 14.0. The van der Waals surface area contributed by atoms with Crippen LogP contribution in [-0.2, 0) is 4.79 Å². The molecule has 1 spiro atoms. The van der Waals surface area contributed by atoms with Gasteiger partial charge in [-0.25, -0.2) is 0 Å². The fraction of sp³-hybridized carbons (Fsp3) is 0.550. The van der Waals surface area contributed by atoms with E-state index >= 15 is 0 Å². The van der Waals surface area contributed by atoms with Gasteiger partial charge in [0.15, 0.2) is 5.96 Å². The second kappa shape index (κ2) is 10.7. The monoisotopic (exact) mass is 515 g/mol. The van der Waals surface area contributed by atoms with E-state index in [0.717, 1.165) is 44.2 Å². The third kappa shape index (κ3) is 5.97. The molecule has 2 saturated heterocycles. The second-order valence-electron chi connectivity index (χ2n) is 7.44. The number of ether oxygens (including phenoxy) is 1. The van der Waals surface area contributed by atoms with Crippen LogP contribution in [-0.4, -0.2) is 69.6 Å². The first kappa shape index (κ1) is 23.2. The van der Waals surface area contributed by atoms with Crippen LogP contribution in [0.3, 0.4) is 0 Å². The fourth-order valence-electron chi connectivity index (χ4n) is 3.96. The predicted molar refractivity (Wildman–Crippen MR) is 123 cm³/mol. The molecule has 2 heterocycles. The Hall–Kier alpha value is -2.04. The molecule has 3 N–H and O–H groups in total. The molecule has 1 aromatic rings. The first-order valence-electron chi connectivity index (χ1n) is 9.70. The smallest absolute Gasteiger partial charge is 0.251 e. The first-order valence-corrected chi connectivity index (χ1v) is 9.70. The Labute approximate surface area is 188 Å². The molecule has 0 radical (unpaired) electrons. The van der Waals surface area contributed by atoms with Crippen molar-refractivity contribution in [3.63, 3.8) is 0 Å². The molecule has 0 saturated carbocycles. The van der Waals surface area contributed by atoms with E-state index in [1.807, 2.05) is 0 Å². The largest absolute Gasteiger partial charge is 0.497 e. The minimum absolute atomic E-state index is 0. The number of likely N-dealkylation sites (tertiary alicyclic amines) is 1. The summed E-state index contributed by atoms with van der Waals surface area (Å²) in [6.45, 7) is 3.56. The maximum Gasteiger partial charge on any atom is 0.251 e. The van der Waals surface area contributed by atoms with Gasteiger partial charge in [0.25, 0.3) is 5.91 Å². The van der Waals surface area contributed by atoms with Gasteiger partial charge < -0.3 is 25.6 Å². The number of hydrogen-bond acceptors (Lipinski definition) is 4. The Kier molecular flexibility index (Phi) is 8.54. The summed E-state index contributed by atoms with van der Waals surface area (Å²) in [4.78, 5) is 30.5. The first-order chi connectivity index (χ1) is 13.5. The zero-order valence-corrected chi connectivity index (χ0v) is 19.3. The number of aliphatic imine (C=N–C) groups is 1. The van der Waals surface area contributed by atoms with Crippen LogP contribution in [0.25, 0.3) is 0 Å². The van der Waals surface area contributed by atoms with Crippen LogP contribution in [0.15, 0.2) is 29.3 Å². The van der Waals surface area contributed by atoms with Crippen molar-refractivity contribution in [3.8, 4) is 5.75 Å². The van der Waals surface area contributed by atoms with Crippen LogP contribution in [0.1, 0.15) is 29.6 Å². The van der Waals surface area contributed by atoms with E-state index in [4.69, 9.17) is 4.74 Å². The van der Waals surface area contributed by atoms with Crippen molar-refractivity contribution in [2.24, 2.45) is 10.4 Å². The maximum atomic E-state index is 12.2. The molecule has 2 fully saturated rings. The van der Waals surface area contributed by atoms with Crippen molar-refractivity contribution < 1.29 is 14.3 Å². The van der Waals surface area contributed by atoms with E-state index in [0.29, 0.717) is 25.1 Å². The van der Waals surface area contributed by atoms with Crippen molar-refractivity contribution in [1.82, 2.24) is 20.9 Å². The zero-order chi connectivity index (χ0) is 20.0. The molecule has 9 heteroatoms. The molecule has 1 unspecified atom stereocenters. The summed E-state index contributed by atoms with van der Waals surface area (Å²) < 4.78 is 5.10. The Morgan fingerprint density at radius 2 is 2.00 bits per heavy atom. The molecule has 1 aromatic carbocycles. The average Bonchev–Trinajstić information content (AvgIpc) is 3.07. The van der Waals surface area contributed by atoms with E-state index < -0.39 is 0 Å². The lowest BCUT2D eigenvalue weighted by atomic mass is 9.79. The van der Waals surface area contributed by atoms with Gasteiger partial charge in [-0.3, -0.25) is 14.6 Å². The SMILES string of the molecule is CN=C(NCCNC(=O)c1ccc(OC)cc1)N1CCCC2(CNC(=O)C2)C1.I. The average molecular weight is 515 g/mol. The Morgan fingerprint density at radius 1 is 1.28 bits per heavy atom. The van der Waals surface area contributed by atoms with E-state index in [2.05, 4.69) is 25.8 Å². The zero-order valence-electron chi connectivity index (χ0n) is 17.0. The molecule has 2 aliphatic heterocycles. The van der Waals surface area contributed by atoms with Crippen LogP contribution in [0.4, 0.5) is 0 Å². The van der Waals surface area contributed by atoms with Gasteiger partial charge in [0.05, 0.1) is 7.11 Å². The molecule has 0 aromatic heterocycles. The molecule has 0 aliphatic carbocycles. The van der Waals surface area contributed by atoms with Crippen LogP contribution in [0.5, 0.6) is 5.75 Å². The number of halogens is 1. The summed E-state index contributed by atoms with van der Waals surface area (Å²) >= 11 is 0. The molecule has 160 valence electrons. The number of hydrogen-bond donors (Lipinski definition) is 3. The summed E-state index contributed by atoms with van der Waals surface area (Å²) in [5, 5.41) is 9.18. The molecule has 3 rings (SSSR count). The van der Waals surface area contributed by atoms with Gasteiger partial charge in [0, 0.05) is 57.2 Å². The van der Waals surface area contributed by atoms with Gasteiger partial charge in [-0.05, 0) is 37.1 Å². The van der Waals surface area contributed by atoms with Gasteiger partial charge in [-0.2, -0.15) is 0 Å². The van der Waals surface area contributed by atoms with Crippen molar-refractivity contribution in [2.75, 3.05) is 46.9 Å². The topological polar surface area (TPSA) is 95.1 Å². The molecule has 2 amide bonds. The van der Waals surface area contributed by atoms with Crippen LogP contribution >= 0.6 is 24.0 Å². The highest BCUT2D eigenvalue weighted by Crippen LogP contribution is 2.35. The number of methoxy groups -OCH3 is 1. The van der Waals surface area contributed by atoms with Crippen LogP contribution < -0.4 is 20.7 Å². The lowest BCUT2D eigenvalue weighted by molar-refractivity contribution is -0.119. The number of guanidine groups is 1. The molecule has 0 bridgehead atoms. The van der Waals surface area contributed by atoms with E-state index in [-0.39, 0.29) is 41.2 Å². The number of rotatable bonds is 5. The third-order valence-electron chi connectivity index (χ3n) is 5.41. The fourth-order valence-corrected chi connectivity index (χ4v) is 3.96. The minimum Gasteiger partial charge on any atom is -0.497 e. The number of benzene rings is 1. The number of piperidine rings is 1. The Balaban J connectivity index is 0.00000300. The van der Waals surface area contributed by atoms with E-state index in [1.54, 1.807) is 38.4 Å². The summed E-state index contributed by atoms with van der Waals surface area (Å²) in [5.74, 6) is 1.57. The summed E-state index contributed by atoms with van der Waals surface area (Å²) in [7, 11) is 3.36.